The van der Waals surface area contributed by atoms with Crippen LogP contribution in [0, 0.1) is 6.92 Å². The highest BCUT2D eigenvalue weighted by Crippen LogP contribution is 2.21. The standard InChI is InChI=1S/C16H21N3/c1-14-7-2-3-9-16(14)19(12-6-10-17)13-15-8-4-5-11-18-15/h2-5,7-9,11H,6,10,12-13,17H2,1H3. The molecular weight excluding hydrogens is 234 g/mol. The highest BCUT2D eigenvalue weighted by molar-refractivity contribution is 5.53. The molecule has 0 saturated carbocycles. The minimum atomic E-state index is 0.713. The molecule has 2 rings (SSSR count). The van der Waals surface area contributed by atoms with Gasteiger partial charge in [0, 0.05) is 18.4 Å². The van der Waals surface area contributed by atoms with Crippen LogP contribution in [0.25, 0.3) is 0 Å². The molecule has 1 heterocycles. The number of hydrogen-bond donors (Lipinski definition) is 1. The maximum absolute atomic E-state index is 5.64. The van der Waals surface area contributed by atoms with Crippen molar-refractivity contribution in [3.8, 4) is 0 Å². The lowest BCUT2D eigenvalue weighted by Crippen LogP contribution is -2.26. The van der Waals surface area contributed by atoms with Crippen LogP contribution in [0.5, 0.6) is 0 Å². The summed E-state index contributed by atoms with van der Waals surface area (Å²) in [7, 11) is 0. The molecule has 0 bridgehead atoms. The van der Waals surface area contributed by atoms with Crippen LogP contribution in [0.2, 0.25) is 0 Å². The van der Waals surface area contributed by atoms with Gasteiger partial charge in [-0.2, -0.15) is 0 Å². The second-order valence-electron chi connectivity index (χ2n) is 4.67. The number of aryl methyl sites for hydroxylation is 1. The summed E-state index contributed by atoms with van der Waals surface area (Å²) in [4.78, 5) is 6.76. The highest BCUT2D eigenvalue weighted by atomic mass is 15.1. The van der Waals surface area contributed by atoms with Gasteiger partial charge in [0.1, 0.15) is 0 Å². The molecule has 0 fully saturated rings. The van der Waals surface area contributed by atoms with Gasteiger partial charge in [0.2, 0.25) is 0 Å². The molecule has 0 aliphatic heterocycles. The van der Waals surface area contributed by atoms with Crippen molar-refractivity contribution in [1.29, 1.82) is 0 Å². The number of rotatable bonds is 6. The summed E-state index contributed by atoms with van der Waals surface area (Å²) in [5, 5.41) is 0. The van der Waals surface area contributed by atoms with E-state index in [0.29, 0.717) is 6.54 Å². The van der Waals surface area contributed by atoms with Crippen LogP contribution in [-0.4, -0.2) is 18.1 Å². The number of nitrogens with two attached hydrogens (primary N) is 1. The largest absolute Gasteiger partial charge is 0.365 e. The smallest absolute Gasteiger partial charge is 0.0602 e. The second-order valence-corrected chi connectivity index (χ2v) is 4.67. The number of pyridine rings is 1. The monoisotopic (exact) mass is 255 g/mol. The quantitative estimate of drug-likeness (QED) is 0.863. The first-order chi connectivity index (χ1) is 9.31. The lowest BCUT2D eigenvalue weighted by Gasteiger charge is -2.26. The molecule has 1 aromatic heterocycles. The van der Waals surface area contributed by atoms with Gasteiger partial charge < -0.3 is 10.6 Å². The van der Waals surface area contributed by atoms with Crippen molar-refractivity contribution in [2.45, 2.75) is 19.9 Å². The molecule has 2 N–H and O–H groups in total. The van der Waals surface area contributed by atoms with Crippen LogP contribution in [-0.2, 0) is 6.54 Å². The van der Waals surface area contributed by atoms with Crippen molar-refractivity contribution in [2.24, 2.45) is 5.73 Å². The third kappa shape index (κ3) is 3.80. The molecule has 3 heteroatoms. The molecular formula is C16H21N3. The molecule has 0 aliphatic rings. The van der Waals surface area contributed by atoms with E-state index in [1.165, 1.54) is 11.3 Å². The molecule has 3 nitrogen and oxygen atoms in total. The summed E-state index contributed by atoms with van der Waals surface area (Å²) >= 11 is 0. The Balaban J connectivity index is 2.19. The maximum Gasteiger partial charge on any atom is 0.0602 e. The second kappa shape index (κ2) is 6.90. The summed E-state index contributed by atoms with van der Waals surface area (Å²) in [6.07, 6.45) is 2.83. The molecule has 0 aliphatic carbocycles. The number of benzene rings is 1. The summed E-state index contributed by atoms with van der Waals surface area (Å²) < 4.78 is 0. The van der Waals surface area contributed by atoms with Gasteiger partial charge in [0.15, 0.2) is 0 Å². The predicted octanol–water partition coefficient (Wildman–Crippen LogP) is 2.75. The van der Waals surface area contributed by atoms with Gasteiger partial charge in [-0.3, -0.25) is 4.98 Å². The average molecular weight is 255 g/mol. The van der Waals surface area contributed by atoms with Gasteiger partial charge in [-0.15, -0.1) is 0 Å². The zero-order valence-electron chi connectivity index (χ0n) is 11.4. The van der Waals surface area contributed by atoms with Crippen LogP contribution < -0.4 is 10.6 Å². The van der Waals surface area contributed by atoms with E-state index in [0.717, 1.165) is 25.2 Å². The van der Waals surface area contributed by atoms with Gasteiger partial charge in [0.05, 0.1) is 12.2 Å². The fourth-order valence-electron chi connectivity index (χ4n) is 2.17. The highest BCUT2D eigenvalue weighted by Gasteiger charge is 2.09. The van der Waals surface area contributed by atoms with Gasteiger partial charge in [-0.1, -0.05) is 24.3 Å². The third-order valence-electron chi connectivity index (χ3n) is 3.17. The van der Waals surface area contributed by atoms with E-state index < -0.39 is 0 Å². The first-order valence-electron chi connectivity index (χ1n) is 6.72. The van der Waals surface area contributed by atoms with Crippen molar-refractivity contribution < 1.29 is 0 Å². The fraction of sp³-hybridized carbons (Fsp3) is 0.312. The topological polar surface area (TPSA) is 42.1 Å². The van der Waals surface area contributed by atoms with Gasteiger partial charge in [0.25, 0.3) is 0 Å². The fourth-order valence-corrected chi connectivity index (χ4v) is 2.17. The average Bonchev–Trinajstić information content (AvgIpc) is 2.45. The summed E-state index contributed by atoms with van der Waals surface area (Å²) in [6, 6.07) is 14.5. The Kier molecular flexibility index (Phi) is 4.93. The van der Waals surface area contributed by atoms with Crippen LogP contribution in [0.15, 0.2) is 48.7 Å². The Labute approximate surface area is 115 Å². The van der Waals surface area contributed by atoms with Crippen molar-refractivity contribution in [1.82, 2.24) is 4.98 Å². The van der Waals surface area contributed by atoms with E-state index in [4.69, 9.17) is 5.73 Å². The van der Waals surface area contributed by atoms with Crippen molar-refractivity contribution in [2.75, 3.05) is 18.0 Å². The Morgan fingerprint density at radius 3 is 2.58 bits per heavy atom. The molecule has 0 unspecified atom stereocenters. The number of nitrogens with zero attached hydrogens (tertiary/aromatic N) is 2. The minimum Gasteiger partial charge on any atom is -0.365 e. The normalized spacial score (nSPS) is 10.4. The predicted molar refractivity (Wildman–Crippen MR) is 80.1 cm³/mol. The molecule has 2 aromatic rings. The van der Waals surface area contributed by atoms with Crippen molar-refractivity contribution in [3.05, 3.63) is 59.9 Å². The molecule has 0 atom stereocenters. The zero-order valence-corrected chi connectivity index (χ0v) is 11.4. The van der Waals surface area contributed by atoms with Gasteiger partial charge in [-0.05, 0) is 43.7 Å². The van der Waals surface area contributed by atoms with E-state index in [2.05, 4.69) is 47.1 Å². The summed E-state index contributed by atoms with van der Waals surface area (Å²) in [5.41, 5.74) is 9.28. The van der Waals surface area contributed by atoms with Crippen LogP contribution in [0.3, 0.4) is 0 Å². The Morgan fingerprint density at radius 2 is 1.89 bits per heavy atom. The van der Waals surface area contributed by atoms with E-state index in [-0.39, 0.29) is 0 Å². The van der Waals surface area contributed by atoms with Crippen LogP contribution >= 0.6 is 0 Å². The molecule has 0 amide bonds. The van der Waals surface area contributed by atoms with E-state index in [9.17, 15) is 0 Å². The SMILES string of the molecule is Cc1ccccc1N(CCCN)Cc1ccccn1. The molecule has 1 aromatic carbocycles. The molecule has 0 saturated heterocycles. The van der Waals surface area contributed by atoms with Gasteiger partial charge in [-0.25, -0.2) is 0 Å². The third-order valence-corrected chi connectivity index (χ3v) is 3.17. The first-order valence-corrected chi connectivity index (χ1v) is 6.72. The van der Waals surface area contributed by atoms with Crippen molar-refractivity contribution >= 4 is 5.69 Å². The molecule has 0 radical (unpaired) electrons. The number of para-hydroxylation sites is 1. The number of anilines is 1. The van der Waals surface area contributed by atoms with E-state index in [1.54, 1.807) is 0 Å². The summed E-state index contributed by atoms with van der Waals surface area (Å²) in [5.74, 6) is 0. The molecule has 19 heavy (non-hydrogen) atoms. The first kappa shape index (κ1) is 13.6. The Hall–Kier alpha value is -1.87. The lowest BCUT2D eigenvalue weighted by molar-refractivity contribution is 0.724. The summed E-state index contributed by atoms with van der Waals surface area (Å²) in [6.45, 7) is 4.64. The van der Waals surface area contributed by atoms with Crippen molar-refractivity contribution in [3.63, 3.8) is 0 Å². The van der Waals surface area contributed by atoms with E-state index in [1.807, 2.05) is 18.3 Å². The van der Waals surface area contributed by atoms with E-state index >= 15 is 0 Å². The molecule has 100 valence electrons. The Morgan fingerprint density at radius 1 is 1.11 bits per heavy atom. The number of aromatic nitrogens is 1. The van der Waals surface area contributed by atoms with Gasteiger partial charge >= 0.3 is 0 Å². The Bertz CT molecular complexity index is 496. The van der Waals surface area contributed by atoms with Crippen LogP contribution in [0.4, 0.5) is 5.69 Å². The lowest BCUT2D eigenvalue weighted by atomic mass is 10.1. The maximum atomic E-state index is 5.64. The number of hydrogen-bond acceptors (Lipinski definition) is 3. The van der Waals surface area contributed by atoms with Crippen LogP contribution in [0.1, 0.15) is 17.7 Å². The zero-order chi connectivity index (χ0) is 13.5. The molecule has 0 spiro atoms. The minimum absolute atomic E-state index is 0.713.